The number of benzene rings is 2. The van der Waals surface area contributed by atoms with Crippen molar-refractivity contribution in [2.24, 2.45) is 0 Å². The second-order valence-electron chi connectivity index (χ2n) is 6.38. The highest BCUT2D eigenvalue weighted by Gasteiger charge is 2.14. The zero-order valence-corrected chi connectivity index (χ0v) is 14.4. The third kappa shape index (κ3) is 3.59. The maximum Gasteiger partial charge on any atom is 0.213 e. The molecule has 1 saturated heterocycles. The van der Waals surface area contributed by atoms with Gasteiger partial charge in [0, 0.05) is 17.6 Å². The number of rotatable bonds is 4. The second-order valence-corrected chi connectivity index (χ2v) is 6.38. The first-order chi connectivity index (χ1) is 12.3. The van der Waals surface area contributed by atoms with E-state index in [1.165, 1.54) is 11.1 Å². The van der Waals surface area contributed by atoms with Crippen LogP contribution >= 0.6 is 0 Å². The van der Waals surface area contributed by atoms with Crippen LogP contribution in [0.4, 0.5) is 0 Å². The van der Waals surface area contributed by atoms with Crippen molar-refractivity contribution < 1.29 is 9.47 Å². The minimum atomic E-state index is 0.327. The fourth-order valence-corrected chi connectivity index (χ4v) is 3.24. The fourth-order valence-electron chi connectivity index (χ4n) is 3.24. The van der Waals surface area contributed by atoms with Crippen LogP contribution in [0.25, 0.3) is 21.9 Å². The van der Waals surface area contributed by atoms with Gasteiger partial charge in [-0.15, -0.1) is 0 Å². The quantitative estimate of drug-likeness (QED) is 0.782. The number of methoxy groups -OCH3 is 1. The van der Waals surface area contributed by atoms with Gasteiger partial charge in [-0.25, -0.2) is 4.98 Å². The molecule has 0 aliphatic carbocycles. The molecule has 2 aromatic carbocycles. The molecule has 4 rings (SSSR count). The van der Waals surface area contributed by atoms with Crippen LogP contribution in [-0.2, 0) is 0 Å². The molecular weight excluding hydrogens is 312 g/mol. The van der Waals surface area contributed by atoms with Crippen LogP contribution in [-0.4, -0.2) is 31.3 Å². The van der Waals surface area contributed by atoms with E-state index in [2.05, 4.69) is 52.8 Å². The minimum absolute atomic E-state index is 0.327. The molecule has 0 unspecified atom stereocenters. The molecule has 2 heterocycles. The van der Waals surface area contributed by atoms with Crippen LogP contribution in [0.3, 0.4) is 0 Å². The summed E-state index contributed by atoms with van der Waals surface area (Å²) in [5.41, 5.74) is 2.35. The van der Waals surface area contributed by atoms with Crippen molar-refractivity contribution in [2.75, 3.05) is 20.2 Å². The van der Waals surface area contributed by atoms with Gasteiger partial charge in [-0.1, -0.05) is 24.3 Å². The van der Waals surface area contributed by atoms with Gasteiger partial charge in [0.05, 0.1) is 7.11 Å². The Morgan fingerprint density at radius 2 is 1.68 bits per heavy atom. The van der Waals surface area contributed by atoms with Crippen molar-refractivity contribution in [2.45, 2.75) is 18.9 Å². The van der Waals surface area contributed by atoms with E-state index in [1.54, 1.807) is 7.11 Å². The van der Waals surface area contributed by atoms with E-state index >= 15 is 0 Å². The summed E-state index contributed by atoms with van der Waals surface area (Å²) in [5.74, 6) is 1.58. The number of fused-ring (bicyclic) bond motifs is 1. The van der Waals surface area contributed by atoms with Crippen molar-refractivity contribution in [3.8, 4) is 22.8 Å². The molecule has 0 bridgehead atoms. The second kappa shape index (κ2) is 7.11. The number of nitrogens with zero attached hydrogens (tertiary/aromatic N) is 1. The van der Waals surface area contributed by atoms with E-state index in [0.717, 1.165) is 42.5 Å². The number of hydrogen-bond donors (Lipinski definition) is 1. The summed E-state index contributed by atoms with van der Waals surface area (Å²) < 4.78 is 11.3. The van der Waals surface area contributed by atoms with Crippen molar-refractivity contribution in [1.82, 2.24) is 10.3 Å². The Labute approximate surface area is 147 Å². The summed E-state index contributed by atoms with van der Waals surface area (Å²) in [7, 11) is 1.64. The molecule has 1 aliphatic heterocycles. The van der Waals surface area contributed by atoms with E-state index < -0.39 is 0 Å². The molecule has 0 radical (unpaired) electrons. The van der Waals surface area contributed by atoms with Crippen molar-refractivity contribution in [1.29, 1.82) is 0 Å². The van der Waals surface area contributed by atoms with Crippen molar-refractivity contribution in [3.63, 3.8) is 0 Å². The Balaban J connectivity index is 1.55. The molecule has 4 heteroatoms. The first-order valence-electron chi connectivity index (χ1n) is 8.73. The van der Waals surface area contributed by atoms with Crippen molar-refractivity contribution in [3.05, 3.63) is 54.7 Å². The lowest BCUT2D eigenvalue weighted by Gasteiger charge is -2.23. The van der Waals surface area contributed by atoms with Crippen molar-refractivity contribution >= 4 is 10.8 Å². The molecule has 128 valence electrons. The van der Waals surface area contributed by atoms with Gasteiger partial charge >= 0.3 is 0 Å². The van der Waals surface area contributed by atoms with Gasteiger partial charge in [0.2, 0.25) is 5.88 Å². The molecule has 0 saturated carbocycles. The highest BCUT2D eigenvalue weighted by Crippen LogP contribution is 2.28. The van der Waals surface area contributed by atoms with Crippen LogP contribution < -0.4 is 14.8 Å². The SMILES string of the molecule is COc1cc2cc(-c3ccc(OC4CCNCC4)cc3)ccc2cn1. The Hall–Kier alpha value is -2.59. The molecule has 1 N–H and O–H groups in total. The van der Waals surface area contributed by atoms with Gasteiger partial charge in [0.15, 0.2) is 0 Å². The lowest BCUT2D eigenvalue weighted by molar-refractivity contribution is 0.162. The van der Waals surface area contributed by atoms with E-state index in [4.69, 9.17) is 9.47 Å². The summed E-state index contributed by atoms with van der Waals surface area (Å²) in [5, 5.41) is 5.59. The Morgan fingerprint density at radius 1 is 0.920 bits per heavy atom. The predicted octanol–water partition coefficient (Wildman–Crippen LogP) is 4.04. The van der Waals surface area contributed by atoms with Gasteiger partial charge in [-0.05, 0) is 60.6 Å². The van der Waals surface area contributed by atoms with Crippen LogP contribution in [0.2, 0.25) is 0 Å². The lowest BCUT2D eigenvalue weighted by atomic mass is 10.0. The van der Waals surface area contributed by atoms with Crippen LogP contribution in [0.5, 0.6) is 11.6 Å². The molecule has 1 aromatic heterocycles. The number of nitrogens with one attached hydrogen (secondary N) is 1. The summed E-state index contributed by atoms with van der Waals surface area (Å²) >= 11 is 0. The topological polar surface area (TPSA) is 43.4 Å². The Morgan fingerprint density at radius 3 is 2.44 bits per heavy atom. The van der Waals surface area contributed by atoms with Gasteiger partial charge in [-0.3, -0.25) is 0 Å². The summed E-state index contributed by atoms with van der Waals surface area (Å²) in [6.45, 7) is 2.08. The molecule has 0 spiro atoms. The maximum absolute atomic E-state index is 6.08. The standard InChI is InChI=1S/C21H22N2O2/c1-24-21-13-18-12-16(2-3-17(18)14-23-21)15-4-6-19(7-5-15)25-20-8-10-22-11-9-20/h2-7,12-14,20,22H,8-11H2,1H3. The zero-order valence-electron chi connectivity index (χ0n) is 14.4. The molecule has 3 aromatic rings. The average Bonchev–Trinajstić information content (AvgIpc) is 2.68. The third-order valence-corrected chi connectivity index (χ3v) is 4.68. The zero-order chi connectivity index (χ0) is 17.1. The Bertz CT molecular complexity index is 855. The maximum atomic E-state index is 6.08. The van der Waals surface area contributed by atoms with E-state index in [-0.39, 0.29) is 0 Å². The van der Waals surface area contributed by atoms with E-state index in [0.29, 0.717) is 12.0 Å². The molecule has 1 aliphatic rings. The monoisotopic (exact) mass is 334 g/mol. The van der Waals surface area contributed by atoms with E-state index in [1.807, 2.05) is 12.3 Å². The number of hydrogen-bond acceptors (Lipinski definition) is 4. The number of piperidine rings is 1. The summed E-state index contributed by atoms with van der Waals surface area (Å²) in [6, 6.07) is 16.7. The molecule has 0 amide bonds. The Kier molecular flexibility index (Phi) is 4.53. The van der Waals surface area contributed by atoms with Gasteiger partial charge < -0.3 is 14.8 Å². The normalized spacial score (nSPS) is 15.2. The molecular formula is C21H22N2O2. The summed E-state index contributed by atoms with van der Waals surface area (Å²) in [4.78, 5) is 4.25. The minimum Gasteiger partial charge on any atom is -0.490 e. The number of pyridine rings is 1. The third-order valence-electron chi connectivity index (χ3n) is 4.68. The highest BCUT2D eigenvalue weighted by atomic mass is 16.5. The van der Waals surface area contributed by atoms with Gasteiger partial charge in [-0.2, -0.15) is 0 Å². The molecule has 25 heavy (non-hydrogen) atoms. The molecule has 4 nitrogen and oxygen atoms in total. The van der Waals surface area contributed by atoms with Crippen LogP contribution in [0.15, 0.2) is 54.7 Å². The predicted molar refractivity (Wildman–Crippen MR) is 100 cm³/mol. The molecule has 0 atom stereocenters. The largest absolute Gasteiger partial charge is 0.490 e. The lowest BCUT2D eigenvalue weighted by Crippen LogP contribution is -2.34. The van der Waals surface area contributed by atoms with E-state index in [9.17, 15) is 0 Å². The van der Waals surface area contributed by atoms with Gasteiger partial charge in [0.1, 0.15) is 11.9 Å². The molecule has 1 fully saturated rings. The van der Waals surface area contributed by atoms with Crippen LogP contribution in [0, 0.1) is 0 Å². The highest BCUT2D eigenvalue weighted by molar-refractivity contribution is 5.87. The van der Waals surface area contributed by atoms with Gasteiger partial charge in [0.25, 0.3) is 0 Å². The fraction of sp³-hybridized carbons (Fsp3) is 0.286. The smallest absolute Gasteiger partial charge is 0.213 e. The number of aromatic nitrogens is 1. The average molecular weight is 334 g/mol. The number of ether oxygens (including phenoxy) is 2. The van der Waals surface area contributed by atoms with Crippen LogP contribution in [0.1, 0.15) is 12.8 Å². The first-order valence-corrected chi connectivity index (χ1v) is 8.73. The first kappa shape index (κ1) is 15.9. The summed E-state index contributed by atoms with van der Waals surface area (Å²) in [6.07, 6.45) is 4.31.